The van der Waals surface area contributed by atoms with E-state index in [1.807, 2.05) is 4.90 Å². The maximum Gasteiger partial charge on any atom is 0.266 e. The molecule has 3 aromatic heterocycles. The third-order valence-corrected chi connectivity index (χ3v) is 5.30. The lowest BCUT2D eigenvalue weighted by molar-refractivity contribution is 0.246. The Morgan fingerprint density at radius 3 is 2.73 bits per heavy atom. The summed E-state index contributed by atoms with van der Waals surface area (Å²) in [5.41, 5.74) is 1.95. The van der Waals surface area contributed by atoms with Crippen LogP contribution in [0, 0.1) is 17.1 Å². The Morgan fingerprint density at radius 2 is 1.97 bits per heavy atom. The third kappa shape index (κ3) is 3.29. The zero-order chi connectivity index (χ0) is 20.5. The van der Waals surface area contributed by atoms with E-state index in [9.17, 15) is 9.65 Å². The first-order valence-electron chi connectivity index (χ1n) is 9.67. The molecule has 1 saturated heterocycles. The fourth-order valence-electron chi connectivity index (χ4n) is 3.78. The Bertz CT molecular complexity index is 1220. The van der Waals surface area contributed by atoms with Gasteiger partial charge in [0.25, 0.3) is 5.89 Å². The summed E-state index contributed by atoms with van der Waals surface area (Å²) in [6, 6.07) is 12.4. The first-order valence-corrected chi connectivity index (χ1v) is 9.67. The number of pyridine rings is 1. The summed E-state index contributed by atoms with van der Waals surface area (Å²) in [5, 5.41) is 9.99. The van der Waals surface area contributed by atoms with Crippen LogP contribution in [0.1, 0.15) is 11.3 Å². The molecule has 0 saturated carbocycles. The van der Waals surface area contributed by atoms with Gasteiger partial charge in [0.1, 0.15) is 11.9 Å². The van der Waals surface area contributed by atoms with E-state index in [0.717, 1.165) is 18.7 Å². The van der Waals surface area contributed by atoms with Crippen LogP contribution in [0.4, 0.5) is 10.3 Å². The molecule has 0 amide bonds. The van der Waals surface area contributed by atoms with Gasteiger partial charge < -0.3 is 13.7 Å². The second-order valence-electron chi connectivity index (χ2n) is 7.13. The number of furan rings is 1. The van der Waals surface area contributed by atoms with Crippen molar-refractivity contribution >= 4 is 16.8 Å². The van der Waals surface area contributed by atoms with Gasteiger partial charge in [-0.25, -0.2) is 4.39 Å². The molecule has 7 nitrogen and oxygen atoms in total. The first-order chi connectivity index (χ1) is 14.7. The van der Waals surface area contributed by atoms with Crippen LogP contribution in [0.3, 0.4) is 0 Å². The molecule has 4 aromatic rings. The fourth-order valence-corrected chi connectivity index (χ4v) is 3.78. The summed E-state index contributed by atoms with van der Waals surface area (Å²) in [6.45, 7) is 3.60. The second kappa shape index (κ2) is 7.61. The van der Waals surface area contributed by atoms with Crippen molar-refractivity contribution in [1.82, 2.24) is 14.9 Å². The molecular formula is C22H18FN5O2. The average Bonchev–Trinajstić information content (AvgIpc) is 3.46. The van der Waals surface area contributed by atoms with Gasteiger partial charge in [-0.1, -0.05) is 6.07 Å². The Kier molecular flexibility index (Phi) is 4.65. The van der Waals surface area contributed by atoms with Crippen molar-refractivity contribution in [3.05, 3.63) is 65.9 Å². The Labute approximate surface area is 172 Å². The van der Waals surface area contributed by atoms with Gasteiger partial charge in [0.15, 0.2) is 5.76 Å². The van der Waals surface area contributed by atoms with Crippen molar-refractivity contribution in [2.75, 3.05) is 31.1 Å². The predicted octanol–water partition coefficient (Wildman–Crippen LogP) is 3.82. The second-order valence-corrected chi connectivity index (χ2v) is 7.13. The molecule has 4 heterocycles. The maximum absolute atomic E-state index is 14.0. The monoisotopic (exact) mass is 403 g/mol. The maximum atomic E-state index is 14.0. The van der Waals surface area contributed by atoms with Gasteiger partial charge in [-0.05, 0) is 35.9 Å². The Hall–Kier alpha value is -3.70. The van der Waals surface area contributed by atoms with Crippen LogP contribution in [0.15, 0.2) is 57.7 Å². The van der Waals surface area contributed by atoms with Gasteiger partial charge in [-0.15, -0.1) is 0 Å². The number of aromatic nitrogens is 2. The summed E-state index contributed by atoms with van der Waals surface area (Å²) in [7, 11) is 0. The number of rotatable bonds is 4. The first kappa shape index (κ1) is 18.3. The lowest BCUT2D eigenvalue weighted by atomic mass is 10.1. The topological polar surface area (TPSA) is 82.3 Å². The molecule has 5 rings (SSSR count). The Morgan fingerprint density at radius 1 is 1.10 bits per heavy atom. The largest absolute Gasteiger partial charge is 0.459 e. The van der Waals surface area contributed by atoms with E-state index in [1.165, 1.54) is 12.3 Å². The average molecular weight is 403 g/mol. The minimum absolute atomic E-state index is 0.253. The highest BCUT2D eigenvalue weighted by Gasteiger charge is 2.25. The summed E-state index contributed by atoms with van der Waals surface area (Å²) < 4.78 is 25.2. The molecular weight excluding hydrogens is 385 g/mol. The highest BCUT2D eigenvalue weighted by molar-refractivity contribution is 5.82. The molecule has 0 unspecified atom stereocenters. The van der Waals surface area contributed by atoms with Crippen molar-refractivity contribution in [1.29, 1.82) is 5.26 Å². The minimum atomic E-state index is -0.256. The minimum Gasteiger partial charge on any atom is -0.459 e. The van der Waals surface area contributed by atoms with E-state index in [0.29, 0.717) is 48.1 Å². The van der Waals surface area contributed by atoms with Crippen LogP contribution >= 0.6 is 0 Å². The van der Waals surface area contributed by atoms with Crippen molar-refractivity contribution in [2.45, 2.75) is 6.54 Å². The van der Waals surface area contributed by atoms with Gasteiger partial charge in [0, 0.05) is 44.3 Å². The van der Waals surface area contributed by atoms with E-state index < -0.39 is 0 Å². The van der Waals surface area contributed by atoms with Crippen molar-refractivity contribution in [3.63, 3.8) is 0 Å². The molecule has 0 atom stereocenters. The summed E-state index contributed by atoms with van der Waals surface area (Å²) in [4.78, 5) is 12.9. The number of halogens is 1. The van der Waals surface area contributed by atoms with Gasteiger partial charge in [-0.3, -0.25) is 9.88 Å². The van der Waals surface area contributed by atoms with Crippen molar-refractivity contribution in [3.8, 4) is 17.7 Å². The summed E-state index contributed by atoms with van der Waals surface area (Å²) >= 11 is 0. The SMILES string of the molecule is N#Cc1nc(-c2ccco2)oc1N1CCN(Cc2ccc(F)c3cccnc23)CC1. The van der Waals surface area contributed by atoms with Crippen molar-refractivity contribution < 1.29 is 13.2 Å². The van der Waals surface area contributed by atoms with Gasteiger partial charge in [0.2, 0.25) is 11.6 Å². The highest BCUT2D eigenvalue weighted by atomic mass is 19.1. The van der Waals surface area contributed by atoms with Crippen LogP contribution in [0.25, 0.3) is 22.6 Å². The van der Waals surface area contributed by atoms with Crippen LogP contribution in [0.2, 0.25) is 0 Å². The number of hydrogen-bond donors (Lipinski definition) is 0. The lowest BCUT2D eigenvalue weighted by Gasteiger charge is -2.34. The molecule has 1 aromatic carbocycles. The summed E-state index contributed by atoms with van der Waals surface area (Å²) in [5.74, 6) is 1.01. The van der Waals surface area contributed by atoms with Gasteiger partial charge in [0.05, 0.1) is 11.8 Å². The third-order valence-electron chi connectivity index (χ3n) is 5.30. The number of nitriles is 1. The molecule has 150 valence electrons. The molecule has 0 N–H and O–H groups in total. The van der Waals surface area contributed by atoms with E-state index >= 15 is 0 Å². The van der Waals surface area contributed by atoms with Crippen molar-refractivity contribution in [2.24, 2.45) is 0 Å². The van der Waals surface area contributed by atoms with Crippen LogP contribution < -0.4 is 4.90 Å². The molecule has 0 bridgehead atoms. The number of nitrogens with zero attached hydrogens (tertiary/aromatic N) is 5. The smallest absolute Gasteiger partial charge is 0.266 e. The van der Waals surface area contributed by atoms with Gasteiger partial charge >= 0.3 is 0 Å². The van der Waals surface area contributed by atoms with E-state index in [2.05, 4.69) is 20.9 Å². The van der Waals surface area contributed by atoms with E-state index in [4.69, 9.17) is 8.83 Å². The lowest BCUT2D eigenvalue weighted by Crippen LogP contribution is -2.46. The fraction of sp³-hybridized carbons (Fsp3) is 0.227. The molecule has 0 aliphatic carbocycles. The number of anilines is 1. The zero-order valence-corrected chi connectivity index (χ0v) is 16.1. The van der Waals surface area contributed by atoms with Gasteiger partial charge in [-0.2, -0.15) is 10.2 Å². The predicted molar refractivity (Wildman–Crippen MR) is 108 cm³/mol. The quantitative estimate of drug-likeness (QED) is 0.512. The molecule has 30 heavy (non-hydrogen) atoms. The molecule has 1 aliphatic rings. The van der Waals surface area contributed by atoms with E-state index in [-0.39, 0.29) is 11.5 Å². The molecule has 8 heteroatoms. The van der Waals surface area contributed by atoms with Crippen LogP contribution in [-0.2, 0) is 6.54 Å². The molecule has 1 aliphatic heterocycles. The number of oxazole rings is 1. The number of piperazine rings is 1. The number of hydrogen-bond acceptors (Lipinski definition) is 7. The normalized spacial score (nSPS) is 14.9. The van der Waals surface area contributed by atoms with E-state index in [1.54, 1.807) is 36.5 Å². The Balaban J connectivity index is 1.31. The summed E-state index contributed by atoms with van der Waals surface area (Å²) in [6.07, 6.45) is 3.23. The molecule has 1 fully saturated rings. The van der Waals surface area contributed by atoms with Crippen LogP contribution in [0.5, 0.6) is 0 Å². The highest BCUT2D eigenvalue weighted by Crippen LogP contribution is 2.29. The molecule has 0 spiro atoms. The number of fused-ring (bicyclic) bond motifs is 1. The van der Waals surface area contributed by atoms with Crippen LogP contribution in [-0.4, -0.2) is 41.0 Å². The molecule has 0 radical (unpaired) electrons. The standard InChI is InChI=1S/C22H18FN5O2/c23-17-6-5-15(20-16(17)3-1-7-25-20)14-27-8-10-28(11-9-27)22-18(13-24)26-21(30-22)19-4-2-12-29-19/h1-7,12H,8-11,14H2. The number of benzene rings is 1. The zero-order valence-electron chi connectivity index (χ0n) is 16.1.